The Labute approximate surface area is 191 Å². The van der Waals surface area contributed by atoms with E-state index in [4.69, 9.17) is 9.90 Å². The van der Waals surface area contributed by atoms with Crippen LogP contribution in [0.3, 0.4) is 0 Å². The Balaban J connectivity index is 0.000000890. The number of aliphatic hydroxyl groups excluding tert-OH is 1. The maximum atomic E-state index is 12.4. The monoisotopic (exact) mass is 458 g/mol. The fourth-order valence-corrected chi connectivity index (χ4v) is 3.59. The predicted octanol–water partition coefficient (Wildman–Crippen LogP) is 0.490. The summed E-state index contributed by atoms with van der Waals surface area (Å²) in [6.45, 7) is 1.59. The molecule has 0 radical (unpaired) electrons. The number of carboxylic acid groups (broad SMARTS) is 1. The van der Waals surface area contributed by atoms with Gasteiger partial charge in [0, 0.05) is 45.0 Å². The number of aliphatic hydroxyl groups is 1. The highest BCUT2D eigenvalue weighted by atomic mass is 16.4. The molecule has 0 bridgehead atoms. The lowest BCUT2D eigenvalue weighted by Gasteiger charge is -2.33. The lowest BCUT2D eigenvalue weighted by atomic mass is 9.83. The van der Waals surface area contributed by atoms with E-state index in [0.717, 1.165) is 12.5 Å². The number of rotatable bonds is 6. The molecule has 0 saturated heterocycles. The van der Waals surface area contributed by atoms with Gasteiger partial charge in [-0.2, -0.15) is 0 Å². The molecule has 1 aliphatic rings. The maximum Gasteiger partial charge on any atom is 0.300 e. The van der Waals surface area contributed by atoms with Crippen LogP contribution in [-0.2, 0) is 23.1 Å². The molecule has 2 amide bonds. The van der Waals surface area contributed by atoms with Crippen LogP contribution in [0.25, 0.3) is 0 Å². The standard InChI is InChI=1S/C21H26N4O4.C2H4O2/c1-25-11-3-5-16(21(25)29)20(28)24-17-7-6-15(12-18(17)26)19(27)23-10-8-14-4-2-9-22-13-14;1-2(3)4/h2-5,9,11,13,15,17-18,26H,6-8,10,12H2,1H3,(H,23,27)(H,24,28);1H3,(H,3,4)/t15-,17+,18+;/m0./s1. The summed E-state index contributed by atoms with van der Waals surface area (Å²) < 4.78 is 1.33. The first-order chi connectivity index (χ1) is 15.7. The van der Waals surface area contributed by atoms with Crippen LogP contribution in [0.5, 0.6) is 0 Å². The average Bonchev–Trinajstić information content (AvgIpc) is 2.77. The van der Waals surface area contributed by atoms with E-state index in [-0.39, 0.29) is 29.4 Å². The van der Waals surface area contributed by atoms with Crippen LogP contribution in [0.1, 0.15) is 42.1 Å². The Bertz CT molecular complexity index is 1000. The summed E-state index contributed by atoms with van der Waals surface area (Å²) in [5.41, 5.74) is 0.699. The molecule has 10 nitrogen and oxygen atoms in total. The smallest absolute Gasteiger partial charge is 0.300 e. The number of amides is 2. The van der Waals surface area contributed by atoms with Gasteiger partial charge in [0.1, 0.15) is 5.56 Å². The lowest BCUT2D eigenvalue weighted by molar-refractivity contribution is -0.134. The number of carboxylic acids is 1. The number of aliphatic carboxylic acids is 1. The molecule has 1 fully saturated rings. The molecule has 2 aromatic heterocycles. The van der Waals surface area contributed by atoms with Gasteiger partial charge in [0.05, 0.1) is 12.1 Å². The molecule has 0 unspecified atom stereocenters. The van der Waals surface area contributed by atoms with Crippen LogP contribution in [0, 0.1) is 5.92 Å². The van der Waals surface area contributed by atoms with Crippen molar-refractivity contribution in [3.05, 3.63) is 64.3 Å². The lowest BCUT2D eigenvalue weighted by Crippen LogP contribution is -2.50. The molecule has 33 heavy (non-hydrogen) atoms. The molecule has 10 heteroatoms. The minimum Gasteiger partial charge on any atom is -0.481 e. The van der Waals surface area contributed by atoms with E-state index in [9.17, 15) is 19.5 Å². The molecule has 1 saturated carbocycles. The summed E-state index contributed by atoms with van der Waals surface area (Å²) in [5.74, 6) is -1.72. The summed E-state index contributed by atoms with van der Waals surface area (Å²) in [7, 11) is 1.58. The van der Waals surface area contributed by atoms with Crippen molar-refractivity contribution >= 4 is 17.8 Å². The van der Waals surface area contributed by atoms with Crippen molar-refractivity contribution in [2.75, 3.05) is 6.54 Å². The molecular formula is C23H30N4O6. The van der Waals surface area contributed by atoms with Crippen LogP contribution in [-0.4, -0.2) is 56.2 Å². The summed E-state index contributed by atoms with van der Waals surface area (Å²) in [6, 6.07) is 6.42. The number of hydrogen-bond acceptors (Lipinski definition) is 6. The first kappa shape index (κ1) is 25.7. The molecule has 3 atom stereocenters. The van der Waals surface area contributed by atoms with Crippen LogP contribution in [0.15, 0.2) is 47.7 Å². The molecule has 0 aliphatic heterocycles. The van der Waals surface area contributed by atoms with Gasteiger partial charge in [-0.3, -0.25) is 24.2 Å². The number of carbonyl (C=O) groups excluding carboxylic acids is 2. The van der Waals surface area contributed by atoms with Gasteiger partial charge in [-0.05, 0) is 49.4 Å². The highest BCUT2D eigenvalue weighted by molar-refractivity contribution is 5.94. The number of hydrogen-bond donors (Lipinski definition) is 4. The Morgan fingerprint density at radius 3 is 2.58 bits per heavy atom. The molecule has 178 valence electrons. The largest absolute Gasteiger partial charge is 0.481 e. The molecule has 2 heterocycles. The van der Waals surface area contributed by atoms with E-state index in [1.165, 1.54) is 10.6 Å². The van der Waals surface area contributed by atoms with Crippen LogP contribution in [0.4, 0.5) is 0 Å². The number of aryl methyl sites for hydroxylation is 1. The number of nitrogens with one attached hydrogen (secondary N) is 2. The quantitative estimate of drug-likeness (QED) is 0.492. The minimum absolute atomic E-state index is 0.0393. The second-order valence-corrected chi connectivity index (χ2v) is 7.92. The van der Waals surface area contributed by atoms with E-state index in [1.807, 2.05) is 12.1 Å². The number of nitrogens with zero attached hydrogens (tertiary/aromatic N) is 2. The van der Waals surface area contributed by atoms with Crippen molar-refractivity contribution in [3.63, 3.8) is 0 Å². The van der Waals surface area contributed by atoms with Gasteiger partial charge in [0.25, 0.3) is 17.4 Å². The van der Waals surface area contributed by atoms with Crippen molar-refractivity contribution in [1.29, 1.82) is 0 Å². The fourth-order valence-electron chi connectivity index (χ4n) is 3.59. The van der Waals surface area contributed by atoms with Crippen LogP contribution in [0.2, 0.25) is 0 Å². The second-order valence-electron chi connectivity index (χ2n) is 7.92. The predicted molar refractivity (Wildman–Crippen MR) is 121 cm³/mol. The van der Waals surface area contributed by atoms with Gasteiger partial charge in [-0.1, -0.05) is 6.07 Å². The molecule has 3 rings (SSSR count). The third-order valence-corrected chi connectivity index (χ3v) is 5.31. The minimum atomic E-state index is -0.839. The highest BCUT2D eigenvalue weighted by Crippen LogP contribution is 2.25. The van der Waals surface area contributed by atoms with Crippen molar-refractivity contribution in [1.82, 2.24) is 20.2 Å². The zero-order chi connectivity index (χ0) is 24.4. The zero-order valence-electron chi connectivity index (χ0n) is 18.7. The highest BCUT2D eigenvalue weighted by Gasteiger charge is 2.33. The van der Waals surface area contributed by atoms with Gasteiger partial charge in [-0.25, -0.2) is 0 Å². The van der Waals surface area contributed by atoms with E-state index in [2.05, 4.69) is 15.6 Å². The van der Waals surface area contributed by atoms with Crippen molar-refractivity contribution in [2.45, 2.75) is 44.8 Å². The number of aromatic nitrogens is 2. The van der Waals surface area contributed by atoms with Crippen LogP contribution < -0.4 is 16.2 Å². The Morgan fingerprint density at radius 2 is 1.94 bits per heavy atom. The summed E-state index contributed by atoms with van der Waals surface area (Å²) in [6.07, 6.45) is 6.21. The summed E-state index contributed by atoms with van der Waals surface area (Å²) in [4.78, 5) is 49.9. The second kappa shape index (κ2) is 12.5. The summed E-state index contributed by atoms with van der Waals surface area (Å²) >= 11 is 0. The van der Waals surface area contributed by atoms with Crippen LogP contribution >= 0.6 is 0 Å². The molecule has 1 aliphatic carbocycles. The van der Waals surface area contributed by atoms with E-state index >= 15 is 0 Å². The molecule has 4 N–H and O–H groups in total. The maximum absolute atomic E-state index is 12.4. The Kier molecular flexibility index (Phi) is 9.74. The average molecular weight is 459 g/mol. The third-order valence-electron chi connectivity index (χ3n) is 5.31. The first-order valence-corrected chi connectivity index (χ1v) is 10.7. The van der Waals surface area contributed by atoms with Gasteiger partial charge >= 0.3 is 0 Å². The van der Waals surface area contributed by atoms with E-state index < -0.39 is 24.0 Å². The fraction of sp³-hybridized carbons (Fsp3) is 0.435. The number of pyridine rings is 2. The Hall–Kier alpha value is -3.53. The Morgan fingerprint density at radius 1 is 1.21 bits per heavy atom. The molecular weight excluding hydrogens is 428 g/mol. The number of carbonyl (C=O) groups is 3. The van der Waals surface area contributed by atoms with Crippen molar-refractivity contribution < 1.29 is 24.6 Å². The summed E-state index contributed by atoms with van der Waals surface area (Å²) in [5, 5.41) is 23.5. The molecule has 0 spiro atoms. The van der Waals surface area contributed by atoms with E-state index in [1.54, 1.807) is 31.7 Å². The zero-order valence-corrected chi connectivity index (χ0v) is 18.7. The van der Waals surface area contributed by atoms with Gasteiger partial charge in [0.15, 0.2) is 0 Å². The third kappa shape index (κ3) is 8.15. The van der Waals surface area contributed by atoms with Crippen molar-refractivity contribution in [3.8, 4) is 0 Å². The topological polar surface area (TPSA) is 151 Å². The van der Waals surface area contributed by atoms with Gasteiger partial charge in [-0.15, -0.1) is 0 Å². The van der Waals surface area contributed by atoms with Crippen molar-refractivity contribution in [2.24, 2.45) is 13.0 Å². The van der Waals surface area contributed by atoms with E-state index in [0.29, 0.717) is 25.8 Å². The van der Waals surface area contributed by atoms with Gasteiger partial charge < -0.3 is 25.4 Å². The van der Waals surface area contributed by atoms with Gasteiger partial charge in [0.2, 0.25) is 5.91 Å². The molecule has 2 aromatic rings. The molecule has 0 aromatic carbocycles. The SMILES string of the molecule is CC(=O)O.Cn1cccc(C(=O)N[C@@H]2CC[C@H](C(=O)NCCc3cccnc3)C[C@H]2O)c1=O. The normalized spacial score (nSPS) is 19.5. The first-order valence-electron chi connectivity index (χ1n) is 10.7.